The summed E-state index contributed by atoms with van der Waals surface area (Å²) in [5.41, 5.74) is 0.426. The van der Waals surface area contributed by atoms with E-state index in [4.69, 9.17) is 11.6 Å². The summed E-state index contributed by atoms with van der Waals surface area (Å²) in [6.45, 7) is 0. The van der Waals surface area contributed by atoms with Crippen LogP contribution in [0.15, 0.2) is 18.2 Å². The highest BCUT2D eigenvalue weighted by Crippen LogP contribution is 2.23. The van der Waals surface area contributed by atoms with Gasteiger partial charge in [0.1, 0.15) is 11.6 Å². The molecule has 0 bridgehead atoms. The minimum Gasteiger partial charge on any atom is -0.299 e. The molecule has 0 fully saturated rings. The van der Waals surface area contributed by atoms with Crippen LogP contribution in [0.25, 0.3) is 0 Å². The van der Waals surface area contributed by atoms with Gasteiger partial charge >= 0.3 is 6.18 Å². The molecule has 1 aromatic rings. The number of hydrogen-bond donors (Lipinski definition) is 0. The Hall–Kier alpha value is -1.10. The number of benzene rings is 1. The second-order valence-corrected chi connectivity index (χ2v) is 4.33. The van der Waals surface area contributed by atoms with E-state index in [2.05, 4.69) is 0 Å². The van der Waals surface area contributed by atoms with Crippen LogP contribution in [0.5, 0.6) is 0 Å². The fraction of sp³-hybridized carbons (Fsp3) is 0.417. The lowest BCUT2D eigenvalue weighted by Crippen LogP contribution is -2.09. The quantitative estimate of drug-likeness (QED) is 0.735. The predicted octanol–water partition coefficient (Wildman–Crippen LogP) is 4.32. The van der Waals surface area contributed by atoms with Crippen LogP contribution in [0.1, 0.15) is 24.8 Å². The Bertz CT molecular complexity index is 429. The average molecular weight is 283 g/mol. The fourth-order valence-corrected chi connectivity index (χ4v) is 1.69. The summed E-state index contributed by atoms with van der Waals surface area (Å²) < 4.78 is 48.3. The molecule has 1 aromatic carbocycles. The van der Waals surface area contributed by atoms with Crippen molar-refractivity contribution in [3.63, 3.8) is 0 Å². The monoisotopic (exact) mass is 282 g/mol. The number of Topliss-reactive ketones (excluding diaryl/α,β-unsaturated/α-hetero) is 1. The lowest BCUT2D eigenvalue weighted by atomic mass is 10.0. The maximum absolute atomic E-state index is 12.7. The Balaban J connectivity index is 2.45. The van der Waals surface area contributed by atoms with Crippen molar-refractivity contribution in [2.45, 2.75) is 31.9 Å². The Morgan fingerprint density at radius 2 is 1.94 bits per heavy atom. The summed E-state index contributed by atoms with van der Waals surface area (Å²) in [4.78, 5) is 11.4. The third kappa shape index (κ3) is 5.49. The zero-order valence-electron chi connectivity index (χ0n) is 9.36. The molecule has 0 aromatic heterocycles. The molecule has 0 aliphatic heterocycles. The first-order valence-electron chi connectivity index (χ1n) is 5.30. The van der Waals surface area contributed by atoms with E-state index in [9.17, 15) is 22.4 Å². The minimum absolute atomic E-state index is 0.0724. The van der Waals surface area contributed by atoms with Gasteiger partial charge in [-0.15, -0.1) is 0 Å². The summed E-state index contributed by atoms with van der Waals surface area (Å²) in [5.74, 6) is -0.860. The molecule has 0 atom stereocenters. The van der Waals surface area contributed by atoms with Crippen molar-refractivity contribution in [3.8, 4) is 0 Å². The Morgan fingerprint density at radius 3 is 2.50 bits per heavy atom. The normalized spacial score (nSPS) is 11.6. The molecular weight excluding hydrogens is 272 g/mol. The van der Waals surface area contributed by atoms with Crippen LogP contribution < -0.4 is 0 Å². The average Bonchev–Trinajstić information content (AvgIpc) is 2.20. The molecule has 18 heavy (non-hydrogen) atoms. The molecule has 100 valence electrons. The third-order valence-corrected chi connectivity index (χ3v) is 2.67. The number of alkyl halides is 3. The van der Waals surface area contributed by atoms with Crippen molar-refractivity contribution in [2.75, 3.05) is 0 Å². The molecule has 0 aliphatic rings. The number of ketones is 1. The van der Waals surface area contributed by atoms with E-state index in [1.165, 1.54) is 6.07 Å². The van der Waals surface area contributed by atoms with Crippen LogP contribution in [0.3, 0.4) is 0 Å². The molecule has 1 rings (SSSR count). The van der Waals surface area contributed by atoms with Crippen LogP contribution in [0.2, 0.25) is 5.02 Å². The summed E-state index contributed by atoms with van der Waals surface area (Å²) in [6.07, 6.45) is -5.69. The zero-order valence-corrected chi connectivity index (χ0v) is 10.1. The molecule has 0 spiro atoms. The van der Waals surface area contributed by atoms with Crippen molar-refractivity contribution >= 4 is 17.4 Å². The Kier molecular flexibility index (Phi) is 5.14. The first kappa shape index (κ1) is 15.0. The molecular formula is C12H11ClF4O. The van der Waals surface area contributed by atoms with Gasteiger partial charge in [-0.25, -0.2) is 4.39 Å². The van der Waals surface area contributed by atoms with Crippen LogP contribution in [0.4, 0.5) is 17.6 Å². The molecule has 0 N–H and O–H groups in total. The second-order valence-electron chi connectivity index (χ2n) is 3.92. The summed E-state index contributed by atoms with van der Waals surface area (Å²) in [7, 11) is 0. The van der Waals surface area contributed by atoms with Gasteiger partial charge in [0.25, 0.3) is 0 Å². The maximum Gasteiger partial charge on any atom is 0.389 e. The van der Waals surface area contributed by atoms with E-state index in [1.54, 1.807) is 0 Å². The second kappa shape index (κ2) is 6.18. The third-order valence-electron chi connectivity index (χ3n) is 2.32. The molecule has 0 amide bonds. The van der Waals surface area contributed by atoms with Gasteiger partial charge in [0.05, 0.1) is 0 Å². The first-order valence-corrected chi connectivity index (χ1v) is 5.68. The fourth-order valence-electron chi connectivity index (χ4n) is 1.45. The van der Waals surface area contributed by atoms with Gasteiger partial charge in [-0.05, 0) is 24.1 Å². The molecule has 0 unspecified atom stereocenters. The lowest BCUT2D eigenvalue weighted by molar-refractivity contribution is -0.137. The van der Waals surface area contributed by atoms with Crippen molar-refractivity contribution < 1.29 is 22.4 Å². The van der Waals surface area contributed by atoms with Crippen LogP contribution in [0, 0.1) is 5.82 Å². The van der Waals surface area contributed by atoms with Gasteiger partial charge in [-0.2, -0.15) is 13.2 Å². The molecule has 0 aliphatic carbocycles. The smallest absolute Gasteiger partial charge is 0.299 e. The van der Waals surface area contributed by atoms with Crippen molar-refractivity contribution in [2.24, 2.45) is 0 Å². The Morgan fingerprint density at radius 1 is 1.28 bits per heavy atom. The number of rotatable bonds is 5. The molecule has 1 nitrogen and oxygen atoms in total. The van der Waals surface area contributed by atoms with E-state index in [-0.39, 0.29) is 30.1 Å². The van der Waals surface area contributed by atoms with Gasteiger partial charge in [0.15, 0.2) is 0 Å². The number of carbonyl (C=O) groups excluding carboxylic acids is 1. The highest BCUT2D eigenvalue weighted by Gasteiger charge is 2.26. The number of hydrogen-bond acceptors (Lipinski definition) is 1. The van der Waals surface area contributed by atoms with Crippen LogP contribution in [-0.4, -0.2) is 12.0 Å². The highest BCUT2D eigenvalue weighted by molar-refractivity contribution is 6.31. The SMILES string of the molecule is O=C(CCCC(F)(F)F)Cc1ccc(F)cc1Cl. The van der Waals surface area contributed by atoms with Gasteiger partial charge in [0, 0.05) is 24.3 Å². The van der Waals surface area contributed by atoms with Gasteiger partial charge in [-0.3, -0.25) is 4.79 Å². The summed E-state index contributed by atoms with van der Waals surface area (Å²) >= 11 is 5.71. The van der Waals surface area contributed by atoms with Gasteiger partial charge < -0.3 is 0 Å². The van der Waals surface area contributed by atoms with Crippen molar-refractivity contribution in [1.29, 1.82) is 0 Å². The molecule has 0 saturated carbocycles. The van der Waals surface area contributed by atoms with Crippen molar-refractivity contribution in [1.82, 2.24) is 0 Å². The minimum atomic E-state index is -4.24. The molecule has 6 heteroatoms. The van der Waals surface area contributed by atoms with Crippen LogP contribution in [-0.2, 0) is 11.2 Å². The van der Waals surface area contributed by atoms with Gasteiger partial charge in [-0.1, -0.05) is 17.7 Å². The van der Waals surface area contributed by atoms with E-state index >= 15 is 0 Å². The number of carbonyl (C=O) groups is 1. The molecule has 0 radical (unpaired) electrons. The van der Waals surface area contributed by atoms with Gasteiger partial charge in [0.2, 0.25) is 0 Å². The van der Waals surface area contributed by atoms with E-state index < -0.39 is 18.4 Å². The molecule has 0 saturated heterocycles. The standard InChI is InChI=1S/C12H11ClF4O/c13-11-7-9(14)4-3-8(11)6-10(18)2-1-5-12(15,16)17/h3-4,7H,1-2,5-6H2. The Labute approximate surface area is 107 Å². The van der Waals surface area contributed by atoms with E-state index in [0.717, 1.165) is 12.1 Å². The van der Waals surface area contributed by atoms with E-state index in [0.29, 0.717) is 5.56 Å². The summed E-state index contributed by atoms with van der Waals surface area (Å²) in [6, 6.07) is 3.59. The topological polar surface area (TPSA) is 17.1 Å². The van der Waals surface area contributed by atoms with Crippen molar-refractivity contribution in [3.05, 3.63) is 34.6 Å². The number of halogens is 5. The molecule has 0 heterocycles. The summed E-state index contributed by atoms with van der Waals surface area (Å²) in [5, 5.41) is 0.110. The maximum atomic E-state index is 12.7. The van der Waals surface area contributed by atoms with Crippen LogP contribution >= 0.6 is 11.6 Å². The predicted molar refractivity (Wildman–Crippen MR) is 60.0 cm³/mol. The lowest BCUT2D eigenvalue weighted by Gasteiger charge is -2.06. The zero-order chi connectivity index (χ0) is 13.8. The largest absolute Gasteiger partial charge is 0.389 e. The van der Waals surface area contributed by atoms with E-state index in [1.807, 2.05) is 0 Å². The highest BCUT2D eigenvalue weighted by atomic mass is 35.5. The first-order chi connectivity index (χ1) is 8.28.